The van der Waals surface area contributed by atoms with Crippen LogP contribution < -0.4 is 5.32 Å². The fourth-order valence-electron chi connectivity index (χ4n) is 4.51. The number of amides is 2. The first kappa shape index (κ1) is 23.1. The van der Waals surface area contributed by atoms with Gasteiger partial charge < -0.3 is 15.0 Å². The normalized spacial score (nSPS) is 23.9. The van der Waals surface area contributed by atoms with Gasteiger partial charge in [0.25, 0.3) is 11.6 Å². The average molecular weight is 433 g/mol. The molecule has 2 saturated heterocycles. The molecule has 9 heteroatoms. The van der Waals surface area contributed by atoms with Gasteiger partial charge in [-0.05, 0) is 45.6 Å². The zero-order chi connectivity index (χ0) is 22.5. The summed E-state index contributed by atoms with van der Waals surface area (Å²) < 4.78 is 5.80. The Balaban J connectivity index is 1.47. The molecule has 2 fully saturated rings. The van der Waals surface area contributed by atoms with Crippen molar-refractivity contribution in [2.24, 2.45) is 5.92 Å². The van der Waals surface area contributed by atoms with Gasteiger partial charge in [0.1, 0.15) is 6.04 Å². The highest BCUT2D eigenvalue weighted by atomic mass is 16.6. The Labute approximate surface area is 182 Å². The summed E-state index contributed by atoms with van der Waals surface area (Å²) in [5.41, 5.74) is 0.0132. The third kappa shape index (κ3) is 6.24. The summed E-state index contributed by atoms with van der Waals surface area (Å²) in [5, 5.41) is 13.6. The minimum atomic E-state index is -0.691. The first-order valence-corrected chi connectivity index (χ1v) is 10.9. The van der Waals surface area contributed by atoms with Crippen LogP contribution in [-0.4, -0.2) is 77.5 Å². The summed E-state index contributed by atoms with van der Waals surface area (Å²) in [6, 6.07) is 4.81. The molecule has 0 spiro atoms. The van der Waals surface area contributed by atoms with Crippen LogP contribution in [0.4, 0.5) is 5.69 Å². The monoisotopic (exact) mass is 432 g/mol. The number of likely N-dealkylation sites (tertiary alicyclic amines) is 1. The van der Waals surface area contributed by atoms with Crippen molar-refractivity contribution < 1.29 is 19.2 Å². The summed E-state index contributed by atoms with van der Waals surface area (Å²) in [4.78, 5) is 39.8. The van der Waals surface area contributed by atoms with Crippen molar-refractivity contribution in [2.75, 3.05) is 32.7 Å². The van der Waals surface area contributed by atoms with Crippen LogP contribution in [0, 0.1) is 16.0 Å². The highest BCUT2D eigenvalue weighted by Gasteiger charge is 2.30. The highest BCUT2D eigenvalue weighted by molar-refractivity contribution is 5.97. The average Bonchev–Trinajstić information content (AvgIpc) is 2.73. The van der Waals surface area contributed by atoms with Crippen LogP contribution in [-0.2, 0) is 9.53 Å². The molecule has 0 saturated carbocycles. The Bertz CT molecular complexity index is 799. The van der Waals surface area contributed by atoms with E-state index in [-0.39, 0.29) is 29.4 Å². The number of nitro groups is 1. The second-order valence-electron chi connectivity index (χ2n) is 8.75. The Morgan fingerprint density at radius 2 is 1.87 bits per heavy atom. The molecule has 2 heterocycles. The summed E-state index contributed by atoms with van der Waals surface area (Å²) in [7, 11) is 0. The van der Waals surface area contributed by atoms with E-state index in [1.807, 2.05) is 0 Å². The molecule has 3 atom stereocenters. The molecule has 3 unspecified atom stereocenters. The molecular formula is C22H32N4O5. The summed E-state index contributed by atoms with van der Waals surface area (Å²) in [6.07, 6.45) is 2.39. The summed E-state index contributed by atoms with van der Waals surface area (Å²) in [5.74, 6) is -0.0582. The van der Waals surface area contributed by atoms with Gasteiger partial charge in [-0.2, -0.15) is 0 Å². The van der Waals surface area contributed by atoms with Crippen LogP contribution in [0.2, 0.25) is 0 Å². The van der Waals surface area contributed by atoms with Crippen LogP contribution >= 0.6 is 0 Å². The van der Waals surface area contributed by atoms with Crippen LogP contribution in [0.1, 0.15) is 44.0 Å². The number of carbonyl (C=O) groups excluding carboxylic acids is 2. The molecule has 1 aromatic rings. The van der Waals surface area contributed by atoms with Gasteiger partial charge >= 0.3 is 0 Å². The van der Waals surface area contributed by atoms with Gasteiger partial charge in [0.15, 0.2) is 0 Å². The van der Waals surface area contributed by atoms with Crippen molar-refractivity contribution >= 4 is 17.5 Å². The number of rotatable bonds is 6. The zero-order valence-corrected chi connectivity index (χ0v) is 18.5. The van der Waals surface area contributed by atoms with Gasteiger partial charge in [-0.15, -0.1) is 0 Å². The van der Waals surface area contributed by atoms with E-state index in [9.17, 15) is 19.7 Å². The maximum Gasteiger partial charge on any atom is 0.270 e. The number of non-ortho nitro benzene ring substituents is 1. The van der Waals surface area contributed by atoms with Gasteiger partial charge in [0.05, 0.1) is 17.1 Å². The van der Waals surface area contributed by atoms with Crippen LogP contribution in [0.3, 0.4) is 0 Å². The molecule has 31 heavy (non-hydrogen) atoms. The predicted molar refractivity (Wildman–Crippen MR) is 116 cm³/mol. The predicted octanol–water partition coefficient (Wildman–Crippen LogP) is 2.06. The van der Waals surface area contributed by atoms with Crippen LogP contribution in [0.5, 0.6) is 0 Å². The number of benzene rings is 1. The lowest BCUT2D eigenvalue weighted by atomic mass is 9.95. The zero-order valence-electron chi connectivity index (χ0n) is 18.5. The fraction of sp³-hybridized carbons (Fsp3) is 0.636. The smallest absolute Gasteiger partial charge is 0.270 e. The second kappa shape index (κ2) is 10.2. The maximum absolute atomic E-state index is 12.8. The van der Waals surface area contributed by atoms with E-state index >= 15 is 0 Å². The van der Waals surface area contributed by atoms with E-state index in [1.165, 1.54) is 24.3 Å². The second-order valence-corrected chi connectivity index (χ2v) is 8.75. The molecule has 2 amide bonds. The standard InChI is InChI=1S/C22H32N4O5/c1-15-12-24(13-16(2)31-15)14-18-7-9-25(10-8-18)22(28)17(3)23-21(27)19-5-4-6-20(11-19)26(29)30/h4-6,11,15-18H,7-10,12-14H2,1-3H3,(H,23,27). The molecule has 9 nitrogen and oxygen atoms in total. The number of nitro benzene ring substituents is 1. The number of nitrogens with zero attached hydrogens (tertiary/aromatic N) is 3. The number of piperidine rings is 1. The Kier molecular flexibility index (Phi) is 7.61. The molecule has 3 rings (SSSR count). The summed E-state index contributed by atoms with van der Waals surface area (Å²) >= 11 is 0. The summed E-state index contributed by atoms with van der Waals surface area (Å²) in [6.45, 7) is 10.1. The molecule has 1 N–H and O–H groups in total. The third-order valence-electron chi connectivity index (χ3n) is 5.98. The molecular weight excluding hydrogens is 400 g/mol. The fourth-order valence-corrected chi connectivity index (χ4v) is 4.51. The van der Waals surface area contributed by atoms with Crippen molar-refractivity contribution in [3.8, 4) is 0 Å². The highest BCUT2D eigenvalue weighted by Crippen LogP contribution is 2.21. The number of carbonyl (C=O) groups is 2. The van der Waals surface area contributed by atoms with Crippen molar-refractivity contribution in [3.63, 3.8) is 0 Å². The number of ether oxygens (including phenoxy) is 1. The molecule has 0 aromatic heterocycles. The Morgan fingerprint density at radius 3 is 2.48 bits per heavy atom. The van der Waals surface area contributed by atoms with Crippen molar-refractivity contribution in [1.82, 2.24) is 15.1 Å². The van der Waals surface area contributed by atoms with E-state index < -0.39 is 16.9 Å². The maximum atomic E-state index is 12.8. The first-order valence-electron chi connectivity index (χ1n) is 10.9. The minimum absolute atomic E-state index is 0.120. The molecule has 0 bridgehead atoms. The van der Waals surface area contributed by atoms with Gasteiger partial charge in [0, 0.05) is 50.4 Å². The lowest BCUT2D eigenvalue weighted by molar-refractivity contribution is -0.384. The Hall–Kier alpha value is -2.52. The lowest BCUT2D eigenvalue weighted by Gasteiger charge is -2.39. The molecule has 1 aromatic carbocycles. The number of hydrogen-bond acceptors (Lipinski definition) is 6. The minimum Gasteiger partial charge on any atom is -0.373 e. The van der Waals surface area contributed by atoms with Crippen molar-refractivity contribution in [1.29, 1.82) is 0 Å². The van der Waals surface area contributed by atoms with Crippen LogP contribution in [0.25, 0.3) is 0 Å². The van der Waals surface area contributed by atoms with Gasteiger partial charge in [-0.25, -0.2) is 0 Å². The van der Waals surface area contributed by atoms with Crippen molar-refractivity contribution in [2.45, 2.75) is 51.9 Å². The lowest BCUT2D eigenvalue weighted by Crippen LogP contribution is -2.51. The van der Waals surface area contributed by atoms with E-state index in [2.05, 4.69) is 24.1 Å². The van der Waals surface area contributed by atoms with E-state index in [0.29, 0.717) is 19.0 Å². The SMILES string of the molecule is CC1CN(CC2CCN(C(=O)C(C)NC(=O)c3cccc([N+](=O)[O-])c3)CC2)CC(C)O1. The topological polar surface area (TPSA) is 105 Å². The molecule has 170 valence electrons. The largest absolute Gasteiger partial charge is 0.373 e. The molecule has 0 radical (unpaired) electrons. The molecule has 2 aliphatic rings. The van der Waals surface area contributed by atoms with Crippen molar-refractivity contribution in [3.05, 3.63) is 39.9 Å². The molecule has 0 aliphatic carbocycles. The Morgan fingerprint density at radius 1 is 1.23 bits per heavy atom. The van der Waals surface area contributed by atoms with Gasteiger partial charge in [-0.3, -0.25) is 24.6 Å². The number of hydrogen-bond donors (Lipinski definition) is 1. The third-order valence-corrected chi connectivity index (χ3v) is 5.98. The van der Waals surface area contributed by atoms with E-state index in [4.69, 9.17) is 4.74 Å². The first-order chi connectivity index (χ1) is 14.7. The van der Waals surface area contributed by atoms with E-state index in [0.717, 1.165) is 32.5 Å². The number of nitrogens with one attached hydrogen (secondary N) is 1. The number of morpholine rings is 1. The van der Waals surface area contributed by atoms with Crippen LogP contribution in [0.15, 0.2) is 24.3 Å². The van der Waals surface area contributed by atoms with Gasteiger partial charge in [-0.1, -0.05) is 6.07 Å². The van der Waals surface area contributed by atoms with Gasteiger partial charge in [0.2, 0.25) is 5.91 Å². The quantitative estimate of drug-likeness (QED) is 0.545. The molecule has 2 aliphatic heterocycles. The van der Waals surface area contributed by atoms with E-state index in [1.54, 1.807) is 11.8 Å².